The molecule has 0 unspecified atom stereocenters. The van der Waals surface area contributed by atoms with Crippen molar-refractivity contribution in [1.82, 2.24) is 0 Å². The molecule has 8 aromatic carbocycles. The van der Waals surface area contributed by atoms with Crippen LogP contribution in [-0.2, 0) is 0 Å². The Balaban J connectivity index is 1.45. The van der Waals surface area contributed by atoms with Gasteiger partial charge in [0.2, 0.25) is 0 Å². The second-order valence-corrected chi connectivity index (χ2v) is 16.5. The van der Waals surface area contributed by atoms with Crippen LogP contribution in [0.25, 0.3) is 21.5 Å². The minimum Gasteiger partial charge on any atom is -0.0787 e. The van der Waals surface area contributed by atoms with E-state index in [2.05, 4.69) is 194 Å². The third-order valence-electron chi connectivity index (χ3n) is 8.81. The summed E-state index contributed by atoms with van der Waals surface area (Å²) < 4.78 is 0. The lowest BCUT2D eigenvalue weighted by atomic mass is 9.94. The van der Waals surface area contributed by atoms with Gasteiger partial charge < -0.3 is 0 Å². The normalized spacial score (nSPS) is 11.4. The largest absolute Gasteiger partial charge is 0.0787 e. The number of hydrogen-bond acceptors (Lipinski definition) is 1. The molecule has 3 heteroatoms. The van der Waals surface area contributed by atoms with Crippen molar-refractivity contribution in [1.29, 1.82) is 0 Å². The van der Waals surface area contributed by atoms with Gasteiger partial charge in [-0.3, -0.25) is 0 Å². The number of benzene rings is 8. The van der Waals surface area contributed by atoms with Crippen LogP contribution in [0.1, 0.15) is 11.1 Å². The molecule has 0 bridgehead atoms. The van der Waals surface area contributed by atoms with Gasteiger partial charge in [0.1, 0.15) is 0 Å². The highest BCUT2D eigenvalue weighted by atomic mass is 32.1. The van der Waals surface area contributed by atoms with E-state index in [0.717, 1.165) is 16.0 Å². The molecule has 0 spiro atoms. The summed E-state index contributed by atoms with van der Waals surface area (Å²) in [6.45, 7) is 0. The maximum absolute atomic E-state index is 6.88. The molecule has 0 atom stereocenters. The summed E-state index contributed by atoms with van der Waals surface area (Å²) in [6, 6.07) is 70.6. The molecular formula is C45H32P2S. The van der Waals surface area contributed by atoms with Gasteiger partial charge in [0.05, 0.1) is 4.86 Å². The second-order valence-electron chi connectivity index (χ2n) is 11.7. The third kappa shape index (κ3) is 5.80. The fraction of sp³-hybridized carbons (Fsp3) is 0. The standard InChI is InChI=1S/C45H32P2S/c48-45(43-39-27-15-13-17-33(39)29-31-41(43)46(35-19-5-1-6-20-35)36-21-7-2-8-22-36)44-40-28-16-14-18-34(40)30-32-42(44)47(37-23-9-3-10-24-37)38-25-11-4-12-26-38/h1-32H. The molecule has 228 valence electrons. The van der Waals surface area contributed by atoms with E-state index in [0.29, 0.717) is 0 Å². The predicted molar refractivity (Wildman–Crippen MR) is 216 cm³/mol. The Morgan fingerprint density at radius 1 is 0.312 bits per heavy atom. The van der Waals surface area contributed by atoms with E-state index in [1.54, 1.807) is 0 Å². The smallest absolute Gasteiger partial charge is 0.0547 e. The molecule has 0 aliphatic heterocycles. The van der Waals surface area contributed by atoms with Crippen LogP contribution < -0.4 is 31.8 Å². The highest BCUT2D eigenvalue weighted by Crippen LogP contribution is 2.40. The Bertz CT molecular complexity index is 2110. The number of hydrogen-bond donors (Lipinski definition) is 0. The van der Waals surface area contributed by atoms with Crippen molar-refractivity contribution < 1.29 is 0 Å². The number of thiocarbonyl (C=S) groups is 1. The topological polar surface area (TPSA) is 0 Å². The molecule has 0 aliphatic rings. The van der Waals surface area contributed by atoms with Crippen LogP contribution in [0.2, 0.25) is 0 Å². The van der Waals surface area contributed by atoms with Crippen LogP contribution in [0.15, 0.2) is 194 Å². The fourth-order valence-corrected chi connectivity index (χ4v) is 12.2. The van der Waals surface area contributed by atoms with E-state index in [1.165, 1.54) is 53.4 Å². The zero-order chi connectivity index (χ0) is 32.3. The molecule has 0 amide bonds. The first kappa shape index (κ1) is 30.6. The summed E-state index contributed by atoms with van der Waals surface area (Å²) in [7, 11) is -1.80. The quantitative estimate of drug-likeness (QED) is 0.0886. The molecule has 0 nitrogen and oxygen atoms in total. The van der Waals surface area contributed by atoms with Crippen LogP contribution >= 0.6 is 28.1 Å². The van der Waals surface area contributed by atoms with Crippen molar-refractivity contribution in [3.63, 3.8) is 0 Å². The van der Waals surface area contributed by atoms with Gasteiger partial charge in [0.15, 0.2) is 0 Å². The van der Waals surface area contributed by atoms with Gasteiger partial charge in [0, 0.05) is 11.1 Å². The summed E-state index contributed by atoms with van der Waals surface area (Å²) >= 11 is 6.88. The lowest BCUT2D eigenvalue weighted by Crippen LogP contribution is -2.29. The molecule has 0 aliphatic carbocycles. The summed E-state index contributed by atoms with van der Waals surface area (Å²) in [6.07, 6.45) is 0. The van der Waals surface area contributed by atoms with Crippen molar-refractivity contribution in [3.05, 3.63) is 205 Å². The molecule has 8 aromatic rings. The highest BCUT2D eigenvalue weighted by molar-refractivity contribution is 7.83. The third-order valence-corrected chi connectivity index (χ3v) is 14.2. The van der Waals surface area contributed by atoms with Crippen LogP contribution in [0.3, 0.4) is 0 Å². The zero-order valence-electron chi connectivity index (χ0n) is 26.3. The maximum atomic E-state index is 6.88. The fourth-order valence-electron chi connectivity index (χ4n) is 6.66. The van der Waals surface area contributed by atoms with Crippen LogP contribution in [0.4, 0.5) is 0 Å². The summed E-state index contributed by atoms with van der Waals surface area (Å²) in [5, 5.41) is 12.6. The molecule has 0 saturated heterocycles. The van der Waals surface area contributed by atoms with Crippen LogP contribution in [0, 0.1) is 0 Å². The Kier molecular flexibility index (Phi) is 8.76. The van der Waals surface area contributed by atoms with E-state index < -0.39 is 15.8 Å². The molecule has 8 rings (SSSR count). The molecule has 0 radical (unpaired) electrons. The molecule has 0 saturated carbocycles. The van der Waals surface area contributed by atoms with Gasteiger partial charge in [-0.2, -0.15) is 0 Å². The van der Waals surface area contributed by atoms with Crippen molar-refractivity contribution >= 4 is 86.3 Å². The maximum Gasteiger partial charge on any atom is 0.0547 e. The van der Waals surface area contributed by atoms with Crippen molar-refractivity contribution in [3.8, 4) is 0 Å². The van der Waals surface area contributed by atoms with E-state index in [4.69, 9.17) is 12.2 Å². The van der Waals surface area contributed by atoms with Crippen molar-refractivity contribution in [2.45, 2.75) is 0 Å². The molecule has 48 heavy (non-hydrogen) atoms. The molecule has 0 fully saturated rings. The Morgan fingerprint density at radius 2 is 0.604 bits per heavy atom. The Hall–Kier alpha value is -4.77. The average molecular weight is 667 g/mol. The van der Waals surface area contributed by atoms with E-state index in [-0.39, 0.29) is 0 Å². The first-order valence-electron chi connectivity index (χ1n) is 16.2. The van der Waals surface area contributed by atoms with Gasteiger partial charge in [-0.1, -0.05) is 206 Å². The van der Waals surface area contributed by atoms with Gasteiger partial charge in [0.25, 0.3) is 0 Å². The lowest BCUT2D eigenvalue weighted by Gasteiger charge is -2.27. The zero-order valence-corrected chi connectivity index (χ0v) is 28.9. The predicted octanol–water partition coefficient (Wildman–Crippen LogP) is 9.28. The van der Waals surface area contributed by atoms with Gasteiger partial charge in [-0.25, -0.2) is 0 Å². The van der Waals surface area contributed by atoms with E-state index >= 15 is 0 Å². The average Bonchev–Trinajstić information content (AvgIpc) is 3.16. The van der Waals surface area contributed by atoms with E-state index in [1.807, 2.05) is 0 Å². The van der Waals surface area contributed by atoms with Crippen LogP contribution in [-0.4, -0.2) is 4.86 Å². The molecule has 0 heterocycles. The first-order valence-corrected chi connectivity index (χ1v) is 19.3. The summed E-state index contributed by atoms with van der Waals surface area (Å²) in [4.78, 5) is 0.910. The molecule has 0 aromatic heterocycles. The minimum absolute atomic E-state index is 0.901. The van der Waals surface area contributed by atoms with Crippen LogP contribution in [0.5, 0.6) is 0 Å². The SMILES string of the molecule is S=C(c1c(P(c2ccccc2)c2ccccc2)ccc2ccccc12)c1c(P(c2ccccc2)c2ccccc2)ccc2ccccc12. The van der Waals surface area contributed by atoms with Gasteiger partial charge in [-0.05, 0) is 69.2 Å². The monoisotopic (exact) mass is 666 g/mol. The number of rotatable bonds is 8. The lowest BCUT2D eigenvalue weighted by molar-refractivity contribution is 1.71. The van der Waals surface area contributed by atoms with Gasteiger partial charge in [-0.15, -0.1) is 0 Å². The molecule has 0 N–H and O–H groups in total. The number of fused-ring (bicyclic) bond motifs is 2. The first-order chi connectivity index (χ1) is 23.8. The Morgan fingerprint density at radius 3 is 0.938 bits per heavy atom. The summed E-state index contributed by atoms with van der Waals surface area (Å²) in [5.74, 6) is 0. The molecular weight excluding hydrogens is 635 g/mol. The van der Waals surface area contributed by atoms with Gasteiger partial charge >= 0.3 is 0 Å². The van der Waals surface area contributed by atoms with E-state index in [9.17, 15) is 0 Å². The summed E-state index contributed by atoms with van der Waals surface area (Å²) in [5.41, 5.74) is 2.33. The Labute approximate surface area is 290 Å². The van der Waals surface area contributed by atoms with Crippen molar-refractivity contribution in [2.75, 3.05) is 0 Å². The minimum atomic E-state index is -0.901. The van der Waals surface area contributed by atoms with Crippen molar-refractivity contribution in [2.24, 2.45) is 0 Å². The highest BCUT2D eigenvalue weighted by Gasteiger charge is 2.28. The second kappa shape index (κ2) is 13.8.